The summed E-state index contributed by atoms with van der Waals surface area (Å²) < 4.78 is 5.25. The van der Waals surface area contributed by atoms with Crippen LogP contribution in [0.5, 0.6) is 5.75 Å². The topological polar surface area (TPSA) is 63.2 Å². The van der Waals surface area contributed by atoms with Crippen LogP contribution in [0.1, 0.15) is 28.0 Å². The van der Waals surface area contributed by atoms with Crippen LogP contribution >= 0.6 is 0 Å². The zero-order chi connectivity index (χ0) is 20.3. The maximum Gasteiger partial charge on any atom is 0.269 e. The largest absolute Gasteiger partial charge is 0.497 e. The molecular formula is C24H27N3O2. The van der Waals surface area contributed by atoms with Gasteiger partial charge in [-0.15, -0.1) is 0 Å². The van der Waals surface area contributed by atoms with Gasteiger partial charge in [0.15, 0.2) is 0 Å². The van der Waals surface area contributed by atoms with Crippen LogP contribution in [0.2, 0.25) is 0 Å². The minimum atomic E-state index is -0.144. The Labute approximate surface area is 172 Å². The van der Waals surface area contributed by atoms with Crippen molar-refractivity contribution in [3.8, 4) is 5.75 Å². The number of aromatic nitrogens is 1. The summed E-state index contributed by atoms with van der Waals surface area (Å²) in [6, 6.07) is 22.0. The molecule has 0 bridgehead atoms. The highest BCUT2D eigenvalue weighted by atomic mass is 16.5. The molecule has 0 radical (unpaired) electrons. The number of anilines is 1. The molecule has 0 saturated heterocycles. The molecule has 0 atom stereocenters. The van der Waals surface area contributed by atoms with Gasteiger partial charge in [-0.2, -0.15) is 0 Å². The second-order valence-electron chi connectivity index (χ2n) is 6.80. The van der Waals surface area contributed by atoms with E-state index in [4.69, 9.17) is 4.74 Å². The second-order valence-corrected chi connectivity index (χ2v) is 6.80. The third-order valence-corrected chi connectivity index (χ3v) is 4.64. The standard InChI is InChI=1S/C24H27N3O2/c1-29-22-11-5-9-20(17-22)12-15-25-21-13-16-26-23(18-21)24(28)27-14-6-10-19-7-3-2-4-8-19/h2-5,7-9,11,13,16-18H,6,10,12,14-15H2,1H3,(H,25,26)(H,27,28). The predicted octanol–water partition coefficient (Wildman–Crippen LogP) is 4.11. The summed E-state index contributed by atoms with van der Waals surface area (Å²) in [5.41, 5.74) is 3.79. The van der Waals surface area contributed by atoms with Gasteiger partial charge in [-0.1, -0.05) is 42.5 Å². The Bertz CT molecular complexity index is 913. The minimum Gasteiger partial charge on any atom is -0.497 e. The van der Waals surface area contributed by atoms with Gasteiger partial charge in [-0.25, -0.2) is 0 Å². The van der Waals surface area contributed by atoms with Gasteiger partial charge in [0, 0.05) is 25.0 Å². The molecule has 0 aliphatic carbocycles. The lowest BCUT2D eigenvalue weighted by molar-refractivity contribution is 0.0948. The van der Waals surface area contributed by atoms with E-state index in [0.717, 1.165) is 37.2 Å². The van der Waals surface area contributed by atoms with Crippen LogP contribution in [0.4, 0.5) is 5.69 Å². The molecule has 5 nitrogen and oxygen atoms in total. The van der Waals surface area contributed by atoms with E-state index in [1.54, 1.807) is 19.4 Å². The summed E-state index contributed by atoms with van der Waals surface area (Å²) in [4.78, 5) is 16.6. The number of nitrogens with one attached hydrogen (secondary N) is 2. The average Bonchev–Trinajstić information content (AvgIpc) is 2.77. The molecule has 3 aromatic rings. The van der Waals surface area contributed by atoms with Crippen molar-refractivity contribution >= 4 is 11.6 Å². The summed E-state index contributed by atoms with van der Waals surface area (Å²) in [6.07, 6.45) is 4.36. The monoisotopic (exact) mass is 389 g/mol. The lowest BCUT2D eigenvalue weighted by Crippen LogP contribution is -2.25. The van der Waals surface area contributed by atoms with Gasteiger partial charge in [-0.3, -0.25) is 9.78 Å². The quantitative estimate of drug-likeness (QED) is 0.512. The maximum atomic E-state index is 12.4. The zero-order valence-corrected chi connectivity index (χ0v) is 16.7. The predicted molar refractivity (Wildman–Crippen MR) is 117 cm³/mol. The van der Waals surface area contributed by atoms with Crippen LogP contribution in [-0.4, -0.2) is 31.1 Å². The Morgan fingerprint density at radius 2 is 1.76 bits per heavy atom. The van der Waals surface area contributed by atoms with Gasteiger partial charge in [0.2, 0.25) is 0 Å². The van der Waals surface area contributed by atoms with E-state index in [1.807, 2.05) is 42.5 Å². The fraction of sp³-hybridized carbons (Fsp3) is 0.250. The average molecular weight is 389 g/mol. The highest BCUT2D eigenvalue weighted by molar-refractivity contribution is 5.93. The molecule has 2 N–H and O–H groups in total. The Balaban J connectivity index is 1.43. The fourth-order valence-corrected chi connectivity index (χ4v) is 3.07. The molecule has 0 saturated carbocycles. The molecule has 0 aliphatic rings. The van der Waals surface area contributed by atoms with E-state index in [-0.39, 0.29) is 5.91 Å². The molecule has 3 rings (SSSR count). The van der Waals surface area contributed by atoms with Gasteiger partial charge in [-0.05, 0) is 54.7 Å². The first kappa shape index (κ1) is 20.4. The Kier molecular flexibility index (Phi) is 7.63. The van der Waals surface area contributed by atoms with Crippen LogP contribution < -0.4 is 15.4 Å². The van der Waals surface area contributed by atoms with E-state index >= 15 is 0 Å². The number of aryl methyl sites for hydroxylation is 1. The normalized spacial score (nSPS) is 10.4. The third-order valence-electron chi connectivity index (χ3n) is 4.64. The highest BCUT2D eigenvalue weighted by Crippen LogP contribution is 2.14. The first-order valence-corrected chi connectivity index (χ1v) is 9.89. The SMILES string of the molecule is COc1cccc(CCNc2ccnc(C(=O)NCCCc3ccccc3)c2)c1. The first-order valence-electron chi connectivity index (χ1n) is 9.89. The van der Waals surface area contributed by atoms with E-state index in [9.17, 15) is 4.79 Å². The number of carbonyl (C=O) groups excluding carboxylic acids is 1. The number of rotatable bonds is 10. The van der Waals surface area contributed by atoms with Crippen molar-refractivity contribution in [3.05, 3.63) is 89.7 Å². The van der Waals surface area contributed by atoms with Crippen LogP contribution in [0.3, 0.4) is 0 Å². The van der Waals surface area contributed by atoms with Crippen molar-refractivity contribution in [2.24, 2.45) is 0 Å². The maximum absolute atomic E-state index is 12.4. The van der Waals surface area contributed by atoms with Crippen molar-refractivity contribution in [3.63, 3.8) is 0 Å². The van der Waals surface area contributed by atoms with Crippen molar-refractivity contribution < 1.29 is 9.53 Å². The number of pyridine rings is 1. The van der Waals surface area contributed by atoms with Crippen molar-refractivity contribution in [2.45, 2.75) is 19.3 Å². The molecule has 2 aromatic carbocycles. The third kappa shape index (κ3) is 6.64. The van der Waals surface area contributed by atoms with Gasteiger partial charge in [0.25, 0.3) is 5.91 Å². The number of ether oxygens (including phenoxy) is 1. The molecule has 0 aliphatic heterocycles. The number of benzene rings is 2. The number of carbonyl (C=O) groups is 1. The lowest BCUT2D eigenvalue weighted by Gasteiger charge is -2.09. The Morgan fingerprint density at radius 1 is 0.931 bits per heavy atom. The van der Waals surface area contributed by atoms with E-state index in [0.29, 0.717) is 12.2 Å². The molecule has 1 amide bonds. The van der Waals surface area contributed by atoms with Crippen LogP contribution in [0.15, 0.2) is 72.9 Å². The highest BCUT2D eigenvalue weighted by Gasteiger charge is 2.07. The number of nitrogens with zero attached hydrogens (tertiary/aromatic N) is 1. The number of amides is 1. The smallest absolute Gasteiger partial charge is 0.269 e. The van der Waals surface area contributed by atoms with Crippen LogP contribution in [0, 0.1) is 0 Å². The molecule has 1 aromatic heterocycles. The summed E-state index contributed by atoms with van der Waals surface area (Å²) in [7, 11) is 1.67. The van der Waals surface area contributed by atoms with Gasteiger partial charge < -0.3 is 15.4 Å². The molecule has 0 spiro atoms. The summed E-state index contributed by atoms with van der Waals surface area (Å²) in [5, 5.41) is 6.30. The molecule has 0 unspecified atom stereocenters. The first-order chi connectivity index (χ1) is 14.2. The van der Waals surface area contributed by atoms with Gasteiger partial charge >= 0.3 is 0 Å². The lowest BCUT2D eigenvalue weighted by atomic mass is 10.1. The Hall–Kier alpha value is -3.34. The molecule has 1 heterocycles. The van der Waals surface area contributed by atoms with Crippen molar-refractivity contribution in [1.29, 1.82) is 0 Å². The summed E-state index contributed by atoms with van der Waals surface area (Å²) in [5.74, 6) is 0.715. The van der Waals surface area contributed by atoms with Crippen molar-refractivity contribution in [1.82, 2.24) is 10.3 Å². The number of hydrogen-bond donors (Lipinski definition) is 2. The fourth-order valence-electron chi connectivity index (χ4n) is 3.07. The number of methoxy groups -OCH3 is 1. The van der Waals surface area contributed by atoms with Gasteiger partial charge in [0.05, 0.1) is 7.11 Å². The molecule has 29 heavy (non-hydrogen) atoms. The van der Waals surface area contributed by atoms with Crippen LogP contribution in [-0.2, 0) is 12.8 Å². The molecule has 150 valence electrons. The summed E-state index contributed by atoms with van der Waals surface area (Å²) >= 11 is 0. The molecular weight excluding hydrogens is 362 g/mol. The minimum absolute atomic E-state index is 0.144. The van der Waals surface area contributed by atoms with E-state index < -0.39 is 0 Å². The molecule has 5 heteroatoms. The van der Waals surface area contributed by atoms with Crippen LogP contribution in [0.25, 0.3) is 0 Å². The summed E-state index contributed by atoms with van der Waals surface area (Å²) in [6.45, 7) is 1.39. The van der Waals surface area contributed by atoms with E-state index in [1.165, 1.54) is 11.1 Å². The zero-order valence-electron chi connectivity index (χ0n) is 16.7. The van der Waals surface area contributed by atoms with Crippen molar-refractivity contribution in [2.75, 3.05) is 25.5 Å². The Morgan fingerprint density at radius 3 is 2.59 bits per heavy atom. The van der Waals surface area contributed by atoms with E-state index in [2.05, 4.69) is 33.8 Å². The number of hydrogen-bond acceptors (Lipinski definition) is 4. The second kappa shape index (κ2) is 10.9. The molecule has 0 fully saturated rings. The van der Waals surface area contributed by atoms with Gasteiger partial charge in [0.1, 0.15) is 11.4 Å².